The minimum absolute atomic E-state index is 0.00580. The largest absolute Gasteiger partial charge is 0.320 e. The Morgan fingerprint density at radius 2 is 1.90 bits per heavy atom. The SMILES string of the molecule is CCC(C)C1NC(CC(C)C)N(C(C)(C)C2CC2)C1=O. The van der Waals surface area contributed by atoms with Crippen LogP contribution in [0.4, 0.5) is 0 Å². The first-order chi connectivity index (χ1) is 9.28. The molecule has 0 radical (unpaired) electrons. The van der Waals surface area contributed by atoms with Crippen LogP contribution in [0.15, 0.2) is 0 Å². The molecule has 0 aromatic rings. The molecule has 2 rings (SSSR count). The lowest BCUT2D eigenvalue weighted by Gasteiger charge is -2.40. The molecule has 2 aliphatic rings. The van der Waals surface area contributed by atoms with E-state index in [1.54, 1.807) is 0 Å². The summed E-state index contributed by atoms with van der Waals surface area (Å²) in [7, 11) is 0. The van der Waals surface area contributed by atoms with E-state index < -0.39 is 0 Å². The summed E-state index contributed by atoms with van der Waals surface area (Å²) in [6, 6.07) is 0.0155. The Hall–Kier alpha value is -0.570. The third-order valence-corrected chi connectivity index (χ3v) is 5.29. The highest BCUT2D eigenvalue weighted by molar-refractivity contribution is 5.85. The molecule has 1 N–H and O–H groups in total. The second-order valence-corrected chi connectivity index (χ2v) is 7.81. The van der Waals surface area contributed by atoms with Crippen molar-refractivity contribution in [2.24, 2.45) is 17.8 Å². The van der Waals surface area contributed by atoms with Gasteiger partial charge in [-0.1, -0.05) is 34.1 Å². The fourth-order valence-corrected chi connectivity index (χ4v) is 3.59. The zero-order valence-corrected chi connectivity index (χ0v) is 14.1. The highest BCUT2D eigenvalue weighted by atomic mass is 16.2. The molecule has 1 amide bonds. The van der Waals surface area contributed by atoms with Crippen LogP contribution in [0.1, 0.15) is 67.2 Å². The number of rotatable bonds is 6. The number of nitrogens with one attached hydrogen (secondary N) is 1. The van der Waals surface area contributed by atoms with Crippen LogP contribution in [0.5, 0.6) is 0 Å². The zero-order chi connectivity index (χ0) is 15.1. The third kappa shape index (κ3) is 2.88. The number of nitrogens with zero attached hydrogens (tertiary/aromatic N) is 1. The molecule has 1 aliphatic carbocycles. The Morgan fingerprint density at radius 1 is 1.30 bits per heavy atom. The van der Waals surface area contributed by atoms with Gasteiger partial charge in [0.05, 0.1) is 12.2 Å². The molecule has 3 unspecified atom stereocenters. The van der Waals surface area contributed by atoms with Crippen LogP contribution in [0, 0.1) is 17.8 Å². The topological polar surface area (TPSA) is 32.3 Å². The molecule has 2 fully saturated rings. The first-order valence-corrected chi connectivity index (χ1v) is 8.38. The normalized spacial score (nSPS) is 29.4. The van der Waals surface area contributed by atoms with Crippen molar-refractivity contribution in [2.45, 2.75) is 85.0 Å². The maximum absolute atomic E-state index is 12.9. The lowest BCUT2D eigenvalue weighted by molar-refractivity contribution is -0.137. The predicted molar refractivity (Wildman–Crippen MR) is 83.3 cm³/mol. The van der Waals surface area contributed by atoms with Crippen LogP contribution in [-0.4, -0.2) is 28.6 Å². The molecular weight excluding hydrogens is 248 g/mol. The fraction of sp³-hybridized carbons (Fsp3) is 0.941. The van der Waals surface area contributed by atoms with E-state index in [4.69, 9.17) is 0 Å². The van der Waals surface area contributed by atoms with Gasteiger partial charge in [0.25, 0.3) is 0 Å². The molecule has 1 saturated carbocycles. The average Bonchev–Trinajstić information content (AvgIpc) is 3.14. The number of amides is 1. The first-order valence-electron chi connectivity index (χ1n) is 8.38. The third-order valence-electron chi connectivity index (χ3n) is 5.29. The lowest BCUT2D eigenvalue weighted by atomic mass is 9.93. The summed E-state index contributed by atoms with van der Waals surface area (Å²) in [5.74, 6) is 2.05. The van der Waals surface area contributed by atoms with E-state index in [1.165, 1.54) is 12.8 Å². The van der Waals surface area contributed by atoms with Crippen molar-refractivity contribution >= 4 is 5.91 Å². The minimum atomic E-state index is 0.00580. The smallest absolute Gasteiger partial charge is 0.241 e. The molecule has 1 aliphatic heterocycles. The van der Waals surface area contributed by atoms with Gasteiger partial charge in [0, 0.05) is 5.54 Å². The van der Waals surface area contributed by atoms with E-state index in [0.717, 1.165) is 12.8 Å². The van der Waals surface area contributed by atoms with Crippen molar-refractivity contribution in [3.05, 3.63) is 0 Å². The Bertz CT molecular complexity index is 360. The Labute approximate surface area is 124 Å². The summed E-state index contributed by atoms with van der Waals surface area (Å²) in [4.78, 5) is 15.1. The van der Waals surface area contributed by atoms with Crippen molar-refractivity contribution in [3.8, 4) is 0 Å². The minimum Gasteiger partial charge on any atom is -0.320 e. The van der Waals surface area contributed by atoms with Crippen molar-refractivity contribution in [1.29, 1.82) is 0 Å². The van der Waals surface area contributed by atoms with Gasteiger partial charge in [0.1, 0.15) is 0 Å². The highest BCUT2D eigenvalue weighted by Crippen LogP contribution is 2.45. The van der Waals surface area contributed by atoms with E-state index in [9.17, 15) is 4.79 Å². The molecule has 20 heavy (non-hydrogen) atoms. The molecule has 0 aromatic carbocycles. The first kappa shape index (κ1) is 15.8. The van der Waals surface area contributed by atoms with Crippen LogP contribution in [-0.2, 0) is 4.79 Å². The number of hydrogen-bond acceptors (Lipinski definition) is 2. The number of hydrogen-bond donors (Lipinski definition) is 1. The summed E-state index contributed by atoms with van der Waals surface area (Å²) in [5.41, 5.74) is 0.00580. The Balaban J connectivity index is 2.22. The highest BCUT2D eigenvalue weighted by Gasteiger charge is 2.52. The average molecular weight is 280 g/mol. The summed E-state index contributed by atoms with van der Waals surface area (Å²) in [6.07, 6.45) is 4.87. The number of carbonyl (C=O) groups excluding carboxylic acids is 1. The van der Waals surface area contributed by atoms with Crippen molar-refractivity contribution < 1.29 is 4.79 Å². The molecule has 0 aromatic heterocycles. The van der Waals surface area contributed by atoms with Gasteiger partial charge in [-0.2, -0.15) is 0 Å². The van der Waals surface area contributed by atoms with Gasteiger partial charge in [-0.25, -0.2) is 0 Å². The van der Waals surface area contributed by atoms with Gasteiger partial charge in [0.2, 0.25) is 5.91 Å². The van der Waals surface area contributed by atoms with E-state index in [0.29, 0.717) is 23.7 Å². The quantitative estimate of drug-likeness (QED) is 0.809. The molecule has 0 bridgehead atoms. The molecule has 1 heterocycles. The van der Waals surface area contributed by atoms with Crippen LogP contribution >= 0.6 is 0 Å². The fourth-order valence-electron chi connectivity index (χ4n) is 3.59. The molecule has 3 atom stereocenters. The van der Waals surface area contributed by atoms with Gasteiger partial charge >= 0.3 is 0 Å². The Kier molecular flexibility index (Phi) is 4.48. The van der Waals surface area contributed by atoms with Crippen LogP contribution in [0.3, 0.4) is 0 Å². The lowest BCUT2D eigenvalue weighted by Crippen LogP contribution is -2.53. The molecular formula is C17H32N2O. The van der Waals surface area contributed by atoms with Crippen molar-refractivity contribution in [2.75, 3.05) is 0 Å². The van der Waals surface area contributed by atoms with Gasteiger partial charge in [-0.05, 0) is 50.9 Å². The maximum Gasteiger partial charge on any atom is 0.241 e. The summed E-state index contributed by atoms with van der Waals surface area (Å²) in [5, 5.41) is 3.64. The monoisotopic (exact) mass is 280 g/mol. The van der Waals surface area contributed by atoms with Gasteiger partial charge in [0.15, 0.2) is 0 Å². The Morgan fingerprint density at radius 3 is 2.35 bits per heavy atom. The molecule has 3 nitrogen and oxygen atoms in total. The summed E-state index contributed by atoms with van der Waals surface area (Å²) < 4.78 is 0. The van der Waals surface area contributed by atoms with E-state index in [-0.39, 0.29) is 17.7 Å². The van der Waals surface area contributed by atoms with Crippen LogP contribution < -0.4 is 5.32 Å². The van der Waals surface area contributed by atoms with Crippen LogP contribution in [0.2, 0.25) is 0 Å². The van der Waals surface area contributed by atoms with E-state index in [2.05, 4.69) is 51.8 Å². The molecule has 116 valence electrons. The standard InChI is InChI=1S/C17H32N2O/c1-7-12(4)15-16(20)19(14(18-15)10-11(2)3)17(5,6)13-8-9-13/h11-15,18H,7-10H2,1-6H3. The molecule has 3 heteroatoms. The van der Waals surface area contributed by atoms with E-state index >= 15 is 0 Å². The second-order valence-electron chi connectivity index (χ2n) is 7.81. The van der Waals surface area contributed by atoms with Gasteiger partial charge in [-0.15, -0.1) is 0 Å². The number of carbonyl (C=O) groups is 1. The molecule has 1 saturated heterocycles. The van der Waals surface area contributed by atoms with E-state index in [1.807, 2.05) is 0 Å². The van der Waals surface area contributed by atoms with Crippen LogP contribution in [0.25, 0.3) is 0 Å². The summed E-state index contributed by atoms with van der Waals surface area (Å²) >= 11 is 0. The van der Waals surface area contributed by atoms with Gasteiger partial charge in [-0.3, -0.25) is 10.1 Å². The maximum atomic E-state index is 12.9. The van der Waals surface area contributed by atoms with Crippen molar-refractivity contribution in [1.82, 2.24) is 10.2 Å². The molecule has 0 spiro atoms. The summed E-state index contributed by atoms with van der Waals surface area (Å²) in [6.45, 7) is 13.4. The van der Waals surface area contributed by atoms with Gasteiger partial charge < -0.3 is 4.90 Å². The predicted octanol–water partition coefficient (Wildman–Crippen LogP) is 3.39. The zero-order valence-electron chi connectivity index (χ0n) is 14.1. The second kappa shape index (κ2) is 5.67. The van der Waals surface area contributed by atoms with Crippen molar-refractivity contribution in [3.63, 3.8) is 0 Å².